The summed E-state index contributed by atoms with van der Waals surface area (Å²) in [6.07, 6.45) is 10.1. The molecular formula is C11H18Cl4OSi. The maximum absolute atomic E-state index is 10.5. The molecule has 0 aromatic heterocycles. The lowest BCUT2D eigenvalue weighted by atomic mass is 10.1. The van der Waals surface area contributed by atoms with E-state index in [1.807, 2.05) is 6.08 Å². The summed E-state index contributed by atoms with van der Waals surface area (Å²) in [4.78, 5) is 10.5. The second kappa shape index (κ2) is 10.7. The Labute approximate surface area is 124 Å². The van der Waals surface area contributed by atoms with Crippen molar-refractivity contribution in [2.24, 2.45) is 0 Å². The first-order chi connectivity index (χ1) is 7.92. The number of rotatable bonds is 10. The molecule has 0 aliphatic carbocycles. The van der Waals surface area contributed by atoms with Crippen molar-refractivity contribution in [2.45, 2.75) is 51.4 Å². The molecule has 1 nitrogen and oxygen atoms in total. The van der Waals surface area contributed by atoms with Crippen molar-refractivity contribution in [2.75, 3.05) is 0 Å². The topological polar surface area (TPSA) is 17.1 Å². The maximum atomic E-state index is 10.5. The van der Waals surface area contributed by atoms with Crippen molar-refractivity contribution in [1.82, 2.24) is 0 Å². The van der Waals surface area contributed by atoms with Crippen LogP contribution >= 0.6 is 44.8 Å². The molecule has 0 bridgehead atoms. The van der Waals surface area contributed by atoms with Crippen LogP contribution < -0.4 is 0 Å². The summed E-state index contributed by atoms with van der Waals surface area (Å²) in [6.45, 7) is 0. The van der Waals surface area contributed by atoms with E-state index in [1.54, 1.807) is 5.70 Å². The Morgan fingerprint density at radius 3 is 2.00 bits per heavy atom. The normalized spacial score (nSPS) is 12.2. The van der Waals surface area contributed by atoms with Crippen LogP contribution in [0.2, 0.25) is 0 Å². The van der Waals surface area contributed by atoms with Crippen molar-refractivity contribution >= 4 is 56.1 Å². The number of hydrogen-bond donors (Lipinski definition) is 0. The first-order valence-electron chi connectivity index (χ1n) is 5.84. The highest BCUT2D eigenvalue weighted by atomic mass is 35.8. The lowest BCUT2D eigenvalue weighted by Gasteiger charge is -2.00. The highest BCUT2D eigenvalue weighted by molar-refractivity contribution is 7.66. The monoisotopic (exact) mass is 334 g/mol. The van der Waals surface area contributed by atoms with E-state index >= 15 is 0 Å². The van der Waals surface area contributed by atoms with Gasteiger partial charge in [-0.25, -0.2) is 0 Å². The summed E-state index contributed by atoms with van der Waals surface area (Å²) in [5, 5.41) is -0.231. The molecule has 0 unspecified atom stereocenters. The van der Waals surface area contributed by atoms with Gasteiger partial charge >= 0.3 is 6.00 Å². The molecule has 0 aromatic carbocycles. The molecule has 0 rings (SSSR count). The minimum absolute atomic E-state index is 0.231. The first-order valence-corrected chi connectivity index (χ1v) is 11.3. The van der Waals surface area contributed by atoms with E-state index in [4.69, 9.17) is 44.8 Å². The number of carbonyl (C=O) groups is 1. The summed E-state index contributed by atoms with van der Waals surface area (Å²) in [5.74, 6) is 0. The molecule has 0 spiro atoms. The van der Waals surface area contributed by atoms with E-state index in [-0.39, 0.29) is 5.24 Å². The Balaban J connectivity index is 3.19. The van der Waals surface area contributed by atoms with Crippen LogP contribution in [0, 0.1) is 0 Å². The van der Waals surface area contributed by atoms with E-state index < -0.39 is 6.00 Å². The standard InChI is InChI=1S/C11H18Cl4OSi/c12-11(16)9-7-5-3-1-2-4-6-8-10-17(13,14)15/h8,10H,1-7,9H2/b10-8+. The Hall–Kier alpha value is 0.787. The van der Waals surface area contributed by atoms with Crippen LogP contribution in [0.1, 0.15) is 51.4 Å². The third-order valence-corrected chi connectivity index (χ3v) is 4.24. The molecule has 100 valence electrons. The molecule has 0 atom stereocenters. The largest absolute Gasteiger partial charge is 0.365 e. The lowest BCUT2D eigenvalue weighted by molar-refractivity contribution is -0.111. The van der Waals surface area contributed by atoms with Crippen LogP contribution in [0.25, 0.3) is 0 Å². The molecule has 17 heavy (non-hydrogen) atoms. The van der Waals surface area contributed by atoms with Gasteiger partial charge in [-0.2, -0.15) is 0 Å². The van der Waals surface area contributed by atoms with E-state index in [0.29, 0.717) is 6.42 Å². The molecule has 0 N–H and O–H groups in total. The molecule has 6 heteroatoms. The summed E-state index contributed by atoms with van der Waals surface area (Å²) in [5.41, 5.74) is 1.73. The van der Waals surface area contributed by atoms with E-state index in [2.05, 4.69) is 0 Å². The number of unbranched alkanes of at least 4 members (excludes halogenated alkanes) is 6. The van der Waals surface area contributed by atoms with Crippen molar-refractivity contribution in [1.29, 1.82) is 0 Å². The third kappa shape index (κ3) is 16.8. The van der Waals surface area contributed by atoms with Crippen molar-refractivity contribution in [3.05, 3.63) is 11.8 Å². The smallest absolute Gasteiger partial charge is 0.281 e. The number of halogens is 4. The number of hydrogen-bond acceptors (Lipinski definition) is 1. The van der Waals surface area contributed by atoms with Gasteiger partial charge in [0, 0.05) is 6.42 Å². The van der Waals surface area contributed by atoms with E-state index in [1.165, 1.54) is 12.8 Å². The fourth-order valence-electron chi connectivity index (χ4n) is 1.45. The second-order valence-corrected chi connectivity index (χ2v) is 12.9. The number of allylic oxidation sites excluding steroid dienone is 1. The molecule has 0 amide bonds. The second-order valence-electron chi connectivity index (χ2n) is 3.96. The predicted molar refractivity (Wildman–Crippen MR) is 80.2 cm³/mol. The van der Waals surface area contributed by atoms with Crippen LogP contribution in [-0.4, -0.2) is 11.2 Å². The SMILES string of the molecule is O=C(Cl)CCCCCCCC/C=C/[Si](Cl)(Cl)Cl. The van der Waals surface area contributed by atoms with Gasteiger partial charge < -0.3 is 0 Å². The molecule has 0 aliphatic heterocycles. The van der Waals surface area contributed by atoms with Gasteiger partial charge in [-0.3, -0.25) is 4.79 Å². The zero-order valence-electron chi connectivity index (χ0n) is 9.73. The Bertz CT molecular complexity index is 238. The van der Waals surface area contributed by atoms with Crippen LogP contribution in [0.4, 0.5) is 0 Å². The highest BCUT2D eigenvalue weighted by Crippen LogP contribution is 2.21. The van der Waals surface area contributed by atoms with Crippen LogP contribution in [0.3, 0.4) is 0 Å². The average molecular weight is 336 g/mol. The summed E-state index contributed by atoms with van der Waals surface area (Å²) >= 11 is 22.3. The van der Waals surface area contributed by atoms with Gasteiger partial charge in [-0.15, -0.1) is 33.2 Å². The van der Waals surface area contributed by atoms with Crippen molar-refractivity contribution < 1.29 is 4.79 Å². The summed E-state index contributed by atoms with van der Waals surface area (Å²) in [7, 11) is 0. The van der Waals surface area contributed by atoms with Crippen molar-refractivity contribution in [3.63, 3.8) is 0 Å². The maximum Gasteiger partial charge on any atom is 0.365 e. The predicted octanol–water partition coefficient (Wildman–Crippen LogP) is 5.62. The first kappa shape index (κ1) is 17.8. The fourth-order valence-corrected chi connectivity index (χ4v) is 2.82. The Morgan fingerprint density at radius 1 is 0.941 bits per heavy atom. The summed E-state index contributed by atoms with van der Waals surface area (Å²) < 4.78 is 0. The van der Waals surface area contributed by atoms with Gasteiger partial charge in [-0.05, 0) is 30.9 Å². The molecule has 0 heterocycles. The number of carbonyl (C=O) groups excluding carboxylic acids is 1. The van der Waals surface area contributed by atoms with Gasteiger partial charge in [0.25, 0.3) is 0 Å². The minimum atomic E-state index is -2.56. The van der Waals surface area contributed by atoms with Gasteiger partial charge in [0.1, 0.15) is 0 Å². The van der Waals surface area contributed by atoms with Gasteiger partial charge in [0.15, 0.2) is 0 Å². The third-order valence-electron chi connectivity index (χ3n) is 2.30. The van der Waals surface area contributed by atoms with Gasteiger partial charge in [-0.1, -0.05) is 37.5 Å². The van der Waals surface area contributed by atoms with Gasteiger partial charge in [0.05, 0.1) is 0 Å². The molecule has 0 saturated heterocycles. The molecule has 0 aromatic rings. The van der Waals surface area contributed by atoms with E-state index in [9.17, 15) is 4.79 Å². The lowest BCUT2D eigenvalue weighted by Crippen LogP contribution is -2.02. The fraction of sp³-hybridized carbons (Fsp3) is 0.727. The van der Waals surface area contributed by atoms with E-state index in [0.717, 1.165) is 32.1 Å². The average Bonchev–Trinajstić information content (AvgIpc) is 2.18. The Morgan fingerprint density at radius 2 is 1.47 bits per heavy atom. The molecule has 0 saturated carbocycles. The van der Waals surface area contributed by atoms with Gasteiger partial charge in [0.2, 0.25) is 5.24 Å². The van der Waals surface area contributed by atoms with Crippen LogP contribution in [0.15, 0.2) is 11.8 Å². The zero-order valence-corrected chi connectivity index (χ0v) is 13.8. The quantitative estimate of drug-likeness (QED) is 0.219. The van der Waals surface area contributed by atoms with Crippen LogP contribution in [0.5, 0.6) is 0 Å². The summed E-state index contributed by atoms with van der Waals surface area (Å²) in [6, 6.07) is -2.56. The Kier molecular flexibility index (Phi) is 11.2. The zero-order chi connectivity index (χ0) is 13.1. The minimum Gasteiger partial charge on any atom is -0.281 e. The molecule has 0 fully saturated rings. The van der Waals surface area contributed by atoms with Crippen molar-refractivity contribution in [3.8, 4) is 0 Å². The highest BCUT2D eigenvalue weighted by Gasteiger charge is 2.19. The molecule has 0 aliphatic rings. The van der Waals surface area contributed by atoms with Crippen LogP contribution in [-0.2, 0) is 4.79 Å². The molecule has 0 radical (unpaired) electrons. The molecular weight excluding hydrogens is 318 g/mol.